The molecule has 7 heteroatoms. The molecule has 0 saturated heterocycles. The molecule has 2 N–H and O–H groups in total. The molecule has 0 unspecified atom stereocenters. The Bertz CT molecular complexity index is 745. The maximum atomic E-state index is 12.2. The summed E-state index contributed by atoms with van der Waals surface area (Å²) < 4.78 is 7.11. The van der Waals surface area contributed by atoms with Gasteiger partial charge in [0, 0.05) is 23.3 Å². The zero-order valence-electron chi connectivity index (χ0n) is 12.5. The minimum atomic E-state index is -0.872. The van der Waals surface area contributed by atoms with E-state index < -0.39 is 6.10 Å². The van der Waals surface area contributed by atoms with Crippen molar-refractivity contribution in [2.24, 2.45) is 0 Å². The number of methoxy groups -OCH3 is 1. The Balaban J connectivity index is 1.96. The van der Waals surface area contributed by atoms with Crippen LogP contribution in [0.25, 0.3) is 0 Å². The van der Waals surface area contributed by atoms with E-state index in [0.29, 0.717) is 15.8 Å². The van der Waals surface area contributed by atoms with Crippen molar-refractivity contribution < 1.29 is 14.6 Å². The molecule has 0 aliphatic carbocycles. The zero-order valence-corrected chi connectivity index (χ0v) is 14.1. The van der Waals surface area contributed by atoms with Crippen LogP contribution in [0.15, 0.2) is 51.9 Å². The van der Waals surface area contributed by atoms with E-state index in [1.807, 2.05) is 0 Å². The highest BCUT2D eigenvalue weighted by Gasteiger charge is 2.13. The maximum absolute atomic E-state index is 12.2. The third-order valence-corrected chi connectivity index (χ3v) is 3.91. The normalized spacial score (nSPS) is 11.8. The maximum Gasteiger partial charge on any atom is 0.252 e. The quantitative estimate of drug-likeness (QED) is 0.793. The molecule has 0 saturated carbocycles. The van der Waals surface area contributed by atoms with Gasteiger partial charge < -0.3 is 19.7 Å². The van der Waals surface area contributed by atoms with Crippen LogP contribution < -0.4 is 15.6 Å². The number of rotatable bonds is 6. The first-order valence-corrected chi connectivity index (χ1v) is 7.76. The van der Waals surface area contributed by atoms with E-state index in [0.717, 1.165) is 0 Å². The summed E-state index contributed by atoms with van der Waals surface area (Å²) in [5.74, 6) is 0.227. The Labute approximate surface area is 141 Å². The fourth-order valence-corrected chi connectivity index (χ4v) is 2.44. The Hall–Kier alpha value is -2.12. The van der Waals surface area contributed by atoms with Gasteiger partial charge in [0.15, 0.2) is 0 Å². The lowest BCUT2D eigenvalue weighted by atomic mass is 10.2. The summed E-state index contributed by atoms with van der Waals surface area (Å²) in [5, 5.41) is 12.6. The number of nitrogens with one attached hydrogen (secondary N) is 1. The number of carbonyl (C=O) groups is 1. The monoisotopic (exact) mass is 380 g/mol. The fourth-order valence-electron chi connectivity index (χ4n) is 2.01. The predicted octanol–water partition coefficient (Wildman–Crippen LogP) is 1.41. The van der Waals surface area contributed by atoms with E-state index in [-0.39, 0.29) is 24.6 Å². The van der Waals surface area contributed by atoms with Crippen molar-refractivity contribution in [1.82, 2.24) is 9.88 Å². The van der Waals surface area contributed by atoms with Crippen molar-refractivity contribution in [3.8, 4) is 5.75 Å². The highest BCUT2D eigenvalue weighted by atomic mass is 79.9. The molecule has 1 aromatic heterocycles. The second-order valence-electron chi connectivity index (χ2n) is 4.90. The molecule has 2 aromatic rings. The van der Waals surface area contributed by atoms with Gasteiger partial charge >= 0.3 is 0 Å². The molecule has 1 atom stereocenters. The molecule has 6 nitrogen and oxygen atoms in total. The van der Waals surface area contributed by atoms with Crippen LogP contribution in [0.5, 0.6) is 5.75 Å². The largest absolute Gasteiger partial charge is 0.497 e. The van der Waals surface area contributed by atoms with E-state index in [9.17, 15) is 14.7 Å². The summed E-state index contributed by atoms with van der Waals surface area (Å²) in [7, 11) is 1.52. The Kier molecular flexibility index (Phi) is 5.95. The standard InChI is InChI=1S/C16H17BrN2O4/c1-23-12-5-6-14(17)13(8-12)16(22)18-9-11(20)10-19-7-3-2-4-15(19)21/h2-8,11,20H,9-10H2,1H3,(H,18,22)/t11-/m0/s1. The van der Waals surface area contributed by atoms with Crippen LogP contribution in [0.2, 0.25) is 0 Å². The molecule has 1 heterocycles. The zero-order chi connectivity index (χ0) is 16.8. The molecule has 0 aliphatic rings. The van der Waals surface area contributed by atoms with E-state index >= 15 is 0 Å². The average Bonchev–Trinajstić information content (AvgIpc) is 2.55. The fraction of sp³-hybridized carbons (Fsp3) is 0.250. The molecule has 1 aromatic carbocycles. The molecule has 2 rings (SSSR count). The summed E-state index contributed by atoms with van der Waals surface area (Å²) >= 11 is 3.31. The lowest BCUT2D eigenvalue weighted by Crippen LogP contribution is -2.36. The third-order valence-electron chi connectivity index (χ3n) is 3.22. The predicted molar refractivity (Wildman–Crippen MR) is 89.7 cm³/mol. The third kappa shape index (κ3) is 4.67. The van der Waals surface area contributed by atoms with Crippen molar-refractivity contribution in [3.63, 3.8) is 0 Å². The number of aliphatic hydroxyl groups excluding tert-OH is 1. The number of hydrogen-bond acceptors (Lipinski definition) is 4. The van der Waals surface area contributed by atoms with E-state index in [2.05, 4.69) is 21.2 Å². The molecular weight excluding hydrogens is 364 g/mol. The molecule has 122 valence electrons. The smallest absolute Gasteiger partial charge is 0.252 e. The van der Waals surface area contributed by atoms with Crippen LogP contribution in [-0.4, -0.2) is 35.3 Å². The van der Waals surface area contributed by atoms with Crippen molar-refractivity contribution in [2.75, 3.05) is 13.7 Å². The van der Waals surface area contributed by atoms with E-state index in [4.69, 9.17) is 4.74 Å². The van der Waals surface area contributed by atoms with Crippen LogP contribution in [-0.2, 0) is 6.54 Å². The second-order valence-corrected chi connectivity index (χ2v) is 5.76. The second kappa shape index (κ2) is 7.94. The number of benzene rings is 1. The first-order chi connectivity index (χ1) is 11.0. The summed E-state index contributed by atoms with van der Waals surface area (Å²) in [6.07, 6.45) is 0.717. The minimum Gasteiger partial charge on any atom is -0.497 e. The van der Waals surface area contributed by atoms with Gasteiger partial charge in [-0.3, -0.25) is 9.59 Å². The topological polar surface area (TPSA) is 80.6 Å². The molecule has 0 radical (unpaired) electrons. The van der Waals surface area contributed by atoms with Gasteiger partial charge in [0.2, 0.25) is 0 Å². The van der Waals surface area contributed by atoms with Gasteiger partial charge in [0.25, 0.3) is 11.5 Å². The van der Waals surface area contributed by atoms with Gasteiger partial charge in [-0.15, -0.1) is 0 Å². The van der Waals surface area contributed by atoms with Crippen LogP contribution in [0.4, 0.5) is 0 Å². The first-order valence-electron chi connectivity index (χ1n) is 6.96. The molecule has 23 heavy (non-hydrogen) atoms. The highest BCUT2D eigenvalue weighted by molar-refractivity contribution is 9.10. The van der Waals surface area contributed by atoms with Gasteiger partial charge in [0.05, 0.1) is 25.3 Å². The van der Waals surface area contributed by atoms with Gasteiger partial charge in [-0.25, -0.2) is 0 Å². The molecule has 0 spiro atoms. The van der Waals surface area contributed by atoms with E-state index in [1.165, 1.54) is 17.7 Å². The number of amides is 1. The van der Waals surface area contributed by atoms with Gasteiger partial charge in [0.1, 0.15) is 5.75 Å². The van der Waals surface area contributed by atoms with Crippen molar-refractivity contribution in [2.45, 2.75) is 12.6 Å². The molecule has 0 fully saturated rings. The Morgan fingerprint density at radius 3 is 2.87 bits per heavy atom. The number of carbonyl (C=O) groups excluding carboxylic acids is 1. The van der Waals surface area contributed by atoms with Gasteiger partial charge in [-0.05, 0) is 40.2 Å². The summed E-state index contributed by atoms with van der Waals surface area (Å²) in [6.45, 7) is 0.142. The van der Waals surface area contributed by atoms with E-state index in [1.54, 1.807) is 36.5 Å². The highest BCUT2D eigenvalue weighted by Crippen LogP contribution is 2.22. The number of hydrogen-bond donors (Lipinski definition) is 2. The molecular formula is C16H17BrN2O4. The number of ether oxygens (including phenoxy) is 1. The lowest BCUT2D eigenvalue weighted by Gasteiger charge is -2.14. The minimum absolute atomic E-state index is 0.0316. The van der Waals surface area contributed by atoms with Crippen molar-refractivity contribution >= 4 is 21.8 Å². The molecule has 1 amide bonds. The van der Waals surface area contributed by atoms with Gasteiger partial charge in [-0.2, -0.15) is 0 Å². The number of aromatic nitrogens is 1. The van der Waals surface area contributed by atoms with Crippen molar-refractivity contribution in [1.29, 1.82) is 0 Å². The van der Waals surface area contributed by atoms with Crippen LogP contribution in [0.1, 0.15) is 10.4 Å². The number of nitrogens with zero attached hydrogens (tertiary/aromatic N) is 1. The summed E-state index contributed by atoms with van der Waals surface area (Å²) in [5.41, 5.74) is 0.210. The number of aliphatic hydroxyl groups is 1. The SMILES string of the molecule is COc1ccc(Br)c(C(=O)NC[C@H](O)Cn2ccccc2=O)c1. The summed E-state index contributed by atoms with van der Waals surface area (Å²) in [4.78, 5) is 23.8. The van der Waals surface area contributed by atoms with Crippen molar-refractivity contribution in [3.05, 3.63) is 63.0 Å². The lowest BCUT2D eigenvalue weighted by molar-refractivity contribution is 0.0902. The first kappa shape index (κ1) is 17.2. The number of halogens is 1. The molecule has 0 bridgehead atoms. The van der Waals surface area contributed by atoms with Gasteiger partial charge in [-0.1, -0.05) is 6.07 Å². The van der Waals surface area contributed by atoms with Crippen LogP contribution in [0.3, 0.4) is 0 Å². The van der Waals surface area contributed by atoms with Crippen LogP contribution >= 0.6 is 15.9 Å². The Morgan fingerprint density at radius 1 is 1.39 bits per heavy atom. The Morgan fingerprint density at radius 2 is 2.17 bits per heavy atom. The number of pyridine rings is 1. The average molecular weight is 381 g/mol. The summed E-state index contributed by atoms with van der Waals surface area (Å²) in [6, 6.07) is 9.81. The van der Waals surface area contributed by atoms with Crippen LogP contribution in [0, 0.1) is 0 Å². The molecule has 0 aliphatic heterocycles.